The normalized spacial score (nSPS) is 14.8. The van der Waals surface area contributed by atoms with Crippen molar-refractivity contribution >= 4 is 40.9 Å². The summed E-state index contributed by atoms with van der Waals surface area (Å²) in [7, 11) is 3.41. The predicted octanol–water partition coefficient (Wildman–Crippen LogP) is 3.81. The number of nitrogens with one attached hydrogen (secondary N) is 1. The van der Waals surface area contributed by atoms with Gasteiger partial charge < -0.3 is 15.0 Å². The molecule has 0 aromatic heterocycles. The van der Waals surface area contributed by atoms with Crippen LogP contribution in [0.3, 0.4) is 0 Å². The molecule has 0 unspecified atom stereocenters. The molecule has 1 saturated carbocycles. The molecule has 1 aromatic carbocycles. The smallest absolute Gasteiger partial charge is 0.234 e. The van der Waals surface area contributed by atoms with Crippen molar-refractivity contribution in [3.05, 3.63) is 23.2 Å². The molecule has 0 saturated heterocycles. The summed E-state index contributed by atoms with van der Waals surface area (Å²) in [6, 6.07) is 5.44. The van der Waals surface area contributed by atoms with Crippen molar-refractivity contribution in [2.75, 3.05) is 31.0 Å². The molecule has 0 aliphatic heterocycles. The molecule has 1 aliphatic carbocycles. The Kier molecular flexibility index (Phi) is 7.90. The van der Waals surface area contributed by atoms with Gasteiger partial charge >= 0.3 is 0 Å². The highest BCUT2D eigenvalue weighted by Crippen LogP contribution is 2.27. The lowest BCUT2D eigenvalue weighted by Gasteiger charge is -2.31. The Labute approximate surface area is 158 Å². The number of halogens is 1. The first-order valence-corrected chi connectivity index (χ1v) is 10.0. The van der Waals surface area contributed by atoms with Gasteiger partial charge in [-0.3, -0.25) is 9.59 Å². The second kappa shape index (κ2) is 9.92. The zero-order valence-electron chi connectivity index (χ0n) is 14.7. The predicted molar refractivity (Wildman–Crippen MR) is 104 cm³/mol. The van der Waals surface area contributed by atoms with Gasteiger partial charge in [0.05, 0.1) is 23.6 Å². The molecule has 1 fully saturated rings. The van der Waals surface area contributed by atoms with Gasteiger partial charge in [-0.05, 0) is 31.0 Å². The standard InChI is InChI=1S/C18H25ClN2O3S/c1-21(14-6-4-3-5-7-14)18(23)12-25-11-17(22)20-13-8-9-16(24-2)15(19)10-13/h8-10,14H,3-7,11-12H2,1-2H3,(H,20,22). The van der Waals surface area contributed by atoms with Gasteiger partial charge in [-0.2, -0.15) is 0 Å². The van der Waals surface area contributed by atoms with Crippen LogP contribution in [-0.4, -0.2) is 48.4 Å². The highest BCUT2D eigenvalue weighted by atomic mass is 35.5. The van der Waals surface area contributed by atoms with Crippen molar-refractivity contribution in [2.45, 2.75) is 38.1 Å². The van der Waals surface area contributed by atoms with E-state index in [2.05, 4.69) is 5.32 Å². The Balaban J connectivity index is 1.72. The molecule has 0 heterocycles. The molecule has 0 spiro atoms. The lowest BCUT2D eigenvalue weighted by atomic mass is 9.94. The van der Waals surface area contributed by atoms with Crippen LogP contribution in [0.4, 0.5) is 5.69 Å². The van der Waals surface area contributed by atoms with Crippen LogP contribution in [0.5, 0.6) is 5.75 Å². The summed E-state index contributed by atoms with van der Waals surface area (Å²) in [6.45, 7) is 0. The lowest BCUT2D eigenvalue weighted by Crippen LogP contribution is -2.39. The SMILES string of the molecule is COc1ccc(NC(=O)CSCC(=O)N(C)C2CCCCC2)cc1Cl. The van der Waals surface area contributed by atoms with Gasteiger partial charge in [-0.15, -0.1) is 11.8 Å². The molecule has 2 rings (SSSR count). The zero-order valence-corrected chi connectivity index (χ0v) is 16.3. The maximum absolute atomic E-state index is 12.2. The van der Waals surface area contributed by atoms with E-state index in [1.807, 2.05) is 11.9 Å². The Morgan fingerprint density at radius 2 is 2.00 bits per heavy atom. The minimum atomic E-state index is -0.153. The molecule has 0 bridgehead atoms. The minimum absolute atomic E-state index is 0.0946. The Morgan fingerprint density at radius 1 is 1.28 bits per heavy atom. The molecule has 0 atom stereocenters. The summed E-state index contributed by atoms with van der Waals surface area (Å²) >= 11 is 7.37. The van der Waals surface area contributed by atoms with E-state index in [-0.39, 0.29) is 17.6 Å². The van der Waals surface area contributed by atoms with Crippen LogP contribution in [0, 0.1) is 0 Å². The Hall–Kier alpha value is -1.40. The van der Waals surface area contributed by atoms with E-state index in [9.17, 15) is 9.59 Å². The monoisotopic (exact) mass is 384 g/mol. The zero-order chi connectivity index (χ0) is 18.2. The van der Waals surface area contributed by atoms with Crippen LogP contribution < -0.4 is 10.1 Å². The number of carbonyl (C=O) groups excluding carboxylic acids is 2. The maximum Gasteiger partial charge on any atom is 0.234 e. The fraction of sp³-hybridized carbons (Fsp3) is 0.556. The van der Waals surface area contributed by atoms with Crippen molar-refractivity contribution < 1.29 is 14.3 Å². The number of methoxy groups -OCH3 is 1. The average molecular weight is 385 g/mol. The molecule has 138 valence electrons. The highest BCUT2D eigenvalue weighted by Gasteiger charge is 2.21. The molecule has 2 amide bonds. The number of hydrogen-bond acceptors (Lipinski definition) is 4. The fourth-order valence-corrected chi connectivity index (χ4v) is 3.94. The van der Waals surface area contributed by atoms with Gasteiger partial charge in [0.2, 0.25) is 11.8 Å². The quantitative estimate of drug-likeness (QED) is 0.776. The summed E-state index contributed by atoms with van der Waals surface area (Å²) in [5, 5.41) is 3.22. The average Bonchev–Trinajstić information content (AvgIpc) is 2.62. The molecule has 5 nitrogen and oxygen atoms in total. The number of benzene rings is 1. The van der Waals surface area contributed by atoms with Crippen LogP contribution >= 0.6 is 23.4 Å². The van der Waals surface area contributed by atoms with E-state index in [1.54, 1.807) is 18.2 Å². The largest absolute Gasteiger partial charge is 0.495 e. The van der Waals surface area contributed by atoms with E-state index >= 15 is 0 Å². The fourth-order valence-electron chi connectivity index (χ4n) is 2.95. The van der Waals surface area contributed by atoms with Crippen LogP contribution in [-0.2, 0) is 9.59 Å². The van der Waals surface area contributed by atoms with Crippen molar-refractivity contribution in [3.8, 4) is 5.75 Å². The second-order valence-electron chi connectivity index (χ2n) is 6.19. The topological polar surface area (TPSA) is 58.6 Å². The van der Waals surface area contributed by atoms with Crippen molar-refractivity contribution in [1.29, 1.82) is 0 Å². The van der Waals surface area contributed by atoms with E-state index in [4.69, 9.17) is 16.3 Å². The number of nitrogens with zero attached hydrogens (tertiary/aromatic N) is 1. The molecular weight excluding hydrogens is 360 g/mol. The Bertz CT molecular complexity index is 606. The second-order valence-corrected chi connectivity index (χ2v) is 7.58. The van der Waals surface area contributed by atoms with Crippen molar-refractivity contribution in [1.82, 2.24) is 4.90 Å². The summed E-state index contributed by atoms with van der Waals surface area (Å²) < 4.78 is 5.08. The van der Waals surface area contributed by atoms with E-state index < -0.39 is 0 Å². The summed E-state index contributed by atoms with van der Waals surface area (Å²) in [5.41, 5.74) is 0.613. The van der Waals surface area contributed by atoms with E-state index in [0.29, 0.717) is 28.3 Å². The molecule has 1 aromatic rings. The van der Waals surface area contributed by atoms with Crippen LogP contribution in [0.2, 0.25) is 5.02 Å². The molecular formula is C18H25ClN2O3S. The third-order valence-electron chi connectivity index (χ3n) is 4.41. The van der Waals surface area contributed by atoms with Gasteiger partial charge in [0.15, 0.2) is 0 Å². The summed E-state index contributed by atoms with van der Waals surface area (Å²) in [4.78, 5) is 26.1. The Morgan fingerprint density at radius 3 is 2.64 bits per heavy atom. The number of anilines is 1. The van der Waals surface area contributed by atoms with Gasteiger partial charge in [0, 0.05) is 18.8 Å². The first kappa shape index (κ1) is 19.9. The highest BCUT2D eigenvalue weighted by molar-refractivity contribution is 8.00. The first-order chi connectivity index (χ1) is 12.0. The van der Waals surface area contributed by atoms with E-state index in [0.717, 1.165) is 12.8 Å². The maximum atomic E-state index is 12.2. The number of ether oxygens (including phenoxy) is 1. The number of amides is 2. The van der Waals surface area contributed by atoms with Crippen LogP contribution in [0.25, 0.3) is 0 Å². The van der Waals surface area contributed by atoms with Crippen LogP contribution in [0.15, 0.2) is 18.2 Å². The molecule has 1 aliphatic rings. The third kappa shape index (κ3) is 6.12. The molecule has 1 N–H and O–H groups in total. The molecule has 0 radical (unpaired) electrons. The van der Waals surface area contributed by atoms with Crippen molar-refractivity contribution in [2.24, 2.45) is 0 Å². The van der Waals surface area contributed by atoms with Gasteiger partial charge in [0.25, 0.3) is 0 Å². The first-order valence-electron chi connectivity index (χ1n) is 8.48. The van der Waals surface area contributed by atoms with Crippen LogP contribution in [0.1, 0.15) is 32.1 Å². The lowest BCUT2D eigenvalue weighted by molar-refractivity contribution is -0.129. The van der Waals surface area contributed by atoms with Gasteiger partial charge in [0.1, 0.15) is 5.75 Å². The number of hydrogen-bond donors (Lipinski definition) is 1. The number of carbonyl (C=O) groups is 2. The number of rotatable bonds is 7. The van der Waals surface area contributed by atoms with E-state index in [1.165, 1.54) is 38.1 Å². The van der Waals surface area contributed by atoms with Gasteiger partial charge in [-0.1, -0.05) is 30.9 Å². The molecule has 7 heteroatoms. The van der Waals surface area contributed by atoms with Crippen molar-refractivity contribution in [3.63, 3.8) is 0 Å². The number of thioether (sulfide) groups is 1. The third-order valence-corrected chi connectivity index (χ3v) is 5.62. The minimum Gasteiger partial charge on any atom is -0.495 e. The summed E-state index contributed by atoms with van der Waals surface area (Å²) in [5.74, 6) is 1.06. The molecule has 25 heavy (non-hydrogen) atoms. The van der Waals surface area contributed by atoms with Gasteiger partial charge in [-0.25, -0.2) is 0 Å². The summed E-state index contributed by atoms with van der Waals surface area (Å²) in [6.07, 6.45) is 5.84.